The topological polar surface area (TPSA) is 37.3 Å². The lowest BCUT2D eigenvalue weighted by molar-refractivity contribution is -0.160. The quantitative estimate of drug-likeness (QED) is 0.388. The molecule has 2 unspecified atom stereocenters. The summed E-state index contributed by atoms with van der Waals surface area (Å²) in [6.07, 6.45) is -4.41. The number of halogens is 7. The van der Waals surface area contributed by atoms with Crippen molar-refractivity contribution in [3.05, 3.63) is 66.0 Å². The van der Waals surface area contributed by atoms with Gasteiger partial charge in [0.05, 0.1) is 26.0 Å². The standard InChI is InChI=1S/C18H13Br2Cl2F3O2/c1-8(4-9-2-3-11(17(26)27)12(19)5-9)15(18(23,24)25)10-6-13(21)16(20)14(22)7-10/h2-3,5-8,15H,4H2,1H3,(H,26,27). The van der Waals surface area contributed by atoms with Gasteiger partial charge in [0.25, 0.3) is 0 Å². The molecule has 146 valence electrons. The van der Waals surface area contributed by atoms with E-state index in [0.717, 1.165) is 0 Å². The molecule has 0 aromatic heterocycles. The van der Waals surface area contributed by atoms with E-state index in [4.69, 9.17) is 28.3 Å². The van der Waals surface area contributed by atoms with Crippen LogP contribution in [0, 0.1) is 5.92 Å². The lowest BCUT2D eigenvalue weighted by atomic mass is 9.82. The number of carboxylic acid groups (broad SMARTS) is 1. The molecule has 0 aliphatic rings. The number of carbonyl (C=O) groups is 1. The fourth-order valence-electron chi connectivity index (χ4n) is 2.94. The van der Waals surface area contributed by atoms with Gasteiger partial charge in [-0.2, -0.15) is 13.2 Å². The number of hydrogen-bond acceptors (Lipinski definition) is 1. The highest BCUT2D eigenvalue weighted by Crippen LogP contribution is 2.44. The van der Waals surface area contributed by atoms with E-state index in [1.807, 2.05) is 0 Å². The zero-order chi connectivity index (χ0) is 20.5. The molecule has 2 aromatic carbocycles. The second-order valence-corrected chi connectivity index (χ2v) is 8.58. The minimum atomic E-state index is -4.50. The smallest absolute Gasteiger partial charge is 0.396 e. The van der Waals surface area contributed by atoms with Crippen molar-refractivity contribution in [3.63, 3.8) is 0 Å². The molecule has 0 aliphatic heterocycles. The summed E-state index contributed by atoms with van der Waals surface area (Å²) < 4.78 is 42.0. The van der Waals surface area contributed by atoms with Gasteiger partial charge >= 0.3 is 12.1 Å². The van der Waals surface area contributed by atoms with Crippen molar-refractivity contribution >= 4 is 61.0 Å². The summed E-state index contributed by atoms with van der Waals surface area (Å²) in [5.41, 5.74) is 0.614. The normalized spacial score (nSPS) is 14.1. The third kappa shape index (κ3) is 5.40. The first-order valence-corrected chi connectivity index (χ1v) is 9.99. The summed E-state index contributed by atoms with van der Waals surface area (Å²) in [7, 11) is 0. The third-order valence-corrected chi connectivity index (χ3v) is 6.67. The van der Waals surface area contributed by atoms with Crippen LogP contribution in [0.5, 0.6) is 0 Å². The molecule has 0 radical (unpaired) electrons. The largest absolute Gasteiger partial charge is 0.478 e. The van der Waals surface area contributed by atoms with E-state index in [1.165, 1.54) is 37.3 Å². The number of aromatic carboxylic acids is 1. The fourth-order valence-corrected chi connectivity index (χ4v) is 4.27. The first-order chi connectivity index (χ1) is 12.4. The van der Waals surface area contributed by atoms with Gasteiger partial charge in [0.15, 0.2) is 0 Å². The van der Waals surface area contributed by atoms with Crippen molar-refractivity contribution in [2.24, 2.45) is 5.92 Å². The van der Waals surface area contributed by atoms with Crippen LogP contribution >= 0.6 is 55.1 Å². The summed E-state index contributed by atoms with van der Waals surface area (Å²) in [4.78, 5) is 11.1. The van der Waals surface area contributed by atoms with Gasteiger partial charge in [-0.15, -0.1) is 0 Å². The number of carboxylic acids is 1. The van der Waals surface area contributed by atoms with Gasteiger partial charge < -0.3 is 5.11 Å². The van der Waals surface area contributed by atoms with Crippen LogP contribution < -0.4 is 0 Å². The van der Waals surface area contributed by atoms with E-state index in [9.17, 15) is 18.0 Å². The van der Waals surface area contributed by atoms with Crippen molar-refractivity contribution < 1.29 is 23.1 Å². The van der Waals surface area contributed by atoms with Gasteiger partial charge in [0.1, 0.15) is 0 Å². The zero-order valence-corrected chi connectivity index (χ0v) is 18.4. The first kappa shape index (κ1) is 22.5. The van der Waals surface area contributed by atoms with Gasteiger partial charge in [-0.3, -0.25) is 0 Å². The minimum absolute atomic E-state index is 0.0191. The van der Waals surface area contributed by atoms with E-state index in [0.29, 0.717) is 14.5 Å². The lowest BCUT2D eigenvalue weighted by Crippen LogP contribution is -2.28. The molecule has 0 bridgehead atoms. The van der Waals surface area contributed by atoms with Crippen LogP contribution in [0.2, 0.25) is 10.0 Å². The van der Waals surface area contributed by atoms with E-state index in [1.54, 1.807) is 0 Å². The molecular weight excluding hydrogens is 536 g/mol. The maximum atomic E-state index is 13.8. The molecule has 2 atom stereocenters. The number of benzene rings is 2. The number of rotatable bonds is 5. The molecule has 1 N–H and O–H groups in total. The van der Waals surface area contributed by atoms with Crippen molar-refractivity contribution in [2.45, 2.75) is 25.4 Å². The van der Waals surface area contributed by atoms with Gasteiger partial charge in [0, 0.05) is 4.47 Å². The van der Waals surface area contributed by atoms with Gasteiger partial charge in [0.2, 0.25) is 0 Å². The third-order valence-electron chi connectivity index (χ3n) is 4.11. The summed E-state index contributed by atoms with van der Waals surface area (Å²) in [5, 5.41) is 9.26. The van der Waals surface area contributed by atoms with Crippen LogP contribution in [0.25, 0.3) is 0 Å². The summed E-state index contributed by atoms with van der Waals surface area (Å²) in [6.45, 7) is 1.49. The molecule has 0 saturated heterocycles. The highest BCUT2D eigenvalue weighted by molar-refractivity contribution is 9.11. The molecule has 0 heterocycles. The second kappa shape index (κ2) is 8.72. The summed E-state index contributed by atoms with van der Waals surface area (Å²) >= 11 is 18.2. The number of hydrogen-bond donors (Lipinski definition) is 1. The summed E-state index contributed by atoms with van der Waals surface area (Å²) in [6, 6.07) is 6.92. The number of alkyl halides is 3. The molecule has 2 nitrogen and oxygen atoms in total. The predicted molar refractivity (Wildman–Crippen MR) is 107 cm³/mol. The molecule has 0 aliphatic carbocycles. The Balaban J connectivity index is 2.38. The Morgan fingerprint density at radius 3 is 2.15 bits per heavy atom. The van der Waals surface area contributed by atoms with Gasteiger partial charge in [-0.05, 0) is 79.6 Å². The van der Waals surface area contributed by atoms with Crippen LogP contribution in [-0.4, -0.2) is 17.3 Å². The Morgan fingerprint density at radius 2 is 1.70 bits per heavy atom. The van der Waals surface area contributed by atoms with E-state index < -0.39 is 24.0 Å². The zero-order valence-electron chi connectivity index (χ0n) is 13.7. The monoisotopic (exact) mass is 546 g/mol. The van der Waals surface area contributed by atoms with Crippen LogP contribution in [0.3, 0.4) is 0 Å². The Hall–Kier alpha value is -0.760. The Bertz CT molecular complexity index is 849. The molecule has 0 spiro atoms. The van der Waals surface area contributed by atoms with Crippen molar-refractivity contribution in [1.29, 1.82) is 0 Å². The van der Waals surface area contributed by atoms with Crippen LogP contribution in [-0.2, 0) is 6.42 Å². The lowest BCUT2D eigenvalue weighted by Gasteiger charge is -2.27. The Morgan fingerprint density at radius 1 is 1.15 bits per heavy atom. The minimum Gasteiger partial charge on any atom is -0.478 e. The average molecular weight is 549 g/mol. The highest BCUT2D eigenvalue weighted by Gasteiger charge is 2.44. The molecule has 2 aromatic rings. The molecule has 27 heavy (non-hydrogen) atoms. The molecule has 0 amide bonds. The van der Waals surface area contributed by atoms with Gasteiger partial charge in [-0.1, -0.05) is 36.2 Å². The van der Waals surface area contributed by atoms with Crippen LogP contribution in [0.1, 0.15) is 34.3 Å². The maximum absolute atomic E-state index is 13.8. The van der Waals surface area contributed by atoms with Gasteiger partial charge in [-0.25, -0.2) is 4.79 Å². The Kier molecular flexibility index (Phi) is 7.28. The van der Waals surface area contributed by atoms with Crippen molar-refractivity contribution in [1.82, 2.24) is 0 Å². The van der Waals surface area contributed by atoms with Crippen LogP contribution in [0.4, 0.5) is 13.2 Å². The summed E-state index contributed by atoms with van der Waals surface area (Å²) in [5.74, 6) is -3.73. The van der Waals surface area contributed by atoms with Crippen molar-refractivity contribution in [2.75, 3.05) is 0 Å². The predicted octanol–water partition coefficient (Wildman–Crippen LogP) is 7.74. The van der Waals surface area contributed by atoms with E-state index in [2.05, 4.69) is 31.9 Å². The molecule has 0 fully saturated rings. The first-order valence-electron chi connectivity index (χ1n) is 7.64. The molecule has 0 saturated carbocycles. The van der Waals surface area contributed by atoms with Crippen LogP contribution in [0.15, 0.2) is 39.3 Å². The average Bonchev–Trinajstić information content (AvgIpc) is 2.50. The SMILES string of the molecule is CC(Cc1ccc(C(=O)O)c(Br)c1)C(c1cc(Cl)c(Br)c(Cl)c1)C(F)(F)F. The van der Waals surface area contributed by atoms with Crippen molar-refractivity contribution in [3.8, 4) is 0 Å². The maximum Gasteiger partial charge on any atom is 0.396 e. The van der Waals surface area contributed by atoms with E-state index in [-0.39, 0.29) is 27.6 Å². The Labute approximate surface area is 180 Å². The second-order valence-electron chi connectivity index (χ2n) is 6.12. The molecule has 9 heteroatoms. The highest BCUT2D eigenvalue weighted by atomic mass is 79.9. The van der Waals surface area contributed by atoms with E-state index >= 15 is 0 Å². The fraction of sp³-hybridized carbons (Fsp3) is 0.278. The molecule has 2 rings (SSSR count). The molecular formula is C18H13Br2Cl2F3O2.